The summed E-state index contributed by atoms with van der Waals surface area (Å²) in [6, 6.07) is 10.1. The number of nitrogens with zero attached hydrogens (tertiary/aromatic N) is 2. The fourth-order valence-electron chi connectivity index (χ4n) is 2.29. The summed E-state index contributed by atoms with van der Waals surface area (Å²) in [5.41, 5.74) is 1.95. The third-order valence-electron chi connectivity index (χ3n) is 3.90. The number of anilines is 1. The van der Waals surface area contributed by atoms with Gasteiger partial charge in [-0.3, -0.25) is 14.6 Å². The van der Waals surface area contributed by atoms with Gasteiger partial charge in [-0.1, -0.05) is 19.1 Å². The Hall–Kier alpha value is -3.42. The number of hydrogen-bond donors (Lipinski definition) is 3. The first-order valence-corrected chi connectivity index (χ1v) is 8.39. The van der Waals surface area contributed by atoms with Gasteiger partial charge in [-0.2, -0.15) is 0 Å². The molecule has 1 aromatic heterocycles. The van der Waals surface area contributed by atoms with Gasteiger partial charge in [-0.15, -0.1) is 0 Å². The molecule has 142 valence electrons. The lowest BCUT2D eigenvalue weighted by Crippen LogP contribution is -2.40. The van der Waals surface area contributed by atoms with E-state index in [0.717, 1.165) is 5.56 Å². The highest BCUT2D eigenvalue weighted by Crippen LogP contribution is 2.11. The van der Waals surface area contributed by atoms with Crippen molar-refractivity contribution in [3.05, 3.63) is 59.9 Å². The Bertz CT molecular complexity index is 793. The van der Waals surface area contributed by atoms with Crippen LogP contribution in [0.4, 0.5) is 10.5 Å². The largest absolute Gasteiger partial charge is 0.481 e. The quantitative estimate of drug-likeness (QED) is 0.692. The molecule has 8 nitrogen and oxygen atoms in total. The van der Waals surface area contributed by atoms with E-state index >= 15 is 0 Å². The van der Waals surface area contributed by atoms with Crippen molar-refractivity contribution in [2.75, 3.05) is 18.9 Å². The molecule has 0 spiro atoms. The summed E-state index contributed by atoms with van der Waals surface area (Å²) < 4.78 is 0. The van der Waals surface area contributed by atoms with Crippen LogP contribution in [0.1, 0.15) is 22.8 Å². The van der Waals surface area contributed by atoms with Gasteiger partial charge in [0.25, 0.3) is 5.91 Å². The molecule has 2 rings (SSSR count). The van der Waals surface area contributed by atoms with Crippen molar-refractivity contribution < 1.29 is 19.5 Å². The van der Waals surface area contributed by atoms with E-state index in [0.29, 0.717) is 17.8 Å². The molecular formula is C19H22N4O4. The molecular weight excluding hydrogens is 348 g/mol. The zero-order chi connectivity index (χ0) is 19.8. The molecule has 3 amide bonds. The topological polar surface area (TPSA) is 112 Å². The van der Waals surface area contributed by atoms with Crippen molar-refractivity contribution in [1.82, 2.24) is 15.2 Å². The first-order valence-electron chi connectivity index (χ1n) is 8.39. The summed E-state index contributed by atoms with van der Waals surface area (Å²) in [7, 11) is 1.55. The molecule has 1 unspecified atom stereocenters. The molecule has 0 radical (unpaired) electrons. The summed E-state index contributed by atoms with van der Waals surface area (Å²) >= 11 is 0. The average Bonchev–Trinajstić information content (AvgIpc) is 2.67. The second-order valence-electron chi connectivity index (χ2n) is 6.17. The summed E-state index contributed by atoms with van der Waals surface area (Å²) in [5.74, 6) is -1.83. The molecule has 1 atom stereocenters. The van der Waals surface area contributed by atoms with Gasteiger partial charge in [0, 0.05) is 38.2 Å². The third-order valence-corrected chi connectivity index (χ3v) is 3.90. The maximum Gasteiger partial charge on any atom is 0.317 e. The van der Waals surface area contributed by atoms with Gasteiger partial charge in [0.2, 0.25) is 0 Å². The Morgan fingerprint density at radius 3 is 2.48 bits per heavy atom. The maximum absolute atomic E-state index is 12.1. The Morgan fingerprint density at radius 1 is 1.19 bits per heavy atom. The lowest BCUT2D eigenvalue weighted by Gasteiger charge is -2.20. The predicted octanol–water partition coefficient (Wildman–Crippen LogP) is 2.20. The second kappa shape index (κ2) is 9.33. The van der Waals surface area contributed by atoms with Crippen molar-refractivity contribution in [1.29, 1.82) is 0 Å². The SMILES string of the molecule is CC(CN(C)C(=O)NCc1ccc(NC(=O)c2cccnc2)cc1)C(=O)O. The standard InChI is InChI=1S/C19H22N4O4/c1-13(18(25)26)12-23(2)19(27)21-10-14-5-7-16(8-6-14)22-17(24)15-4-3-9-20-11-15/h3-9,11,13H,10,12H2,1-2H3,(H,21,27)(H,22,24)(H,25,26). The molecule has 27 heavy (non-hydrogen) atoms. The van der Waals surface area contributed by atoms with Crippen molar-refractivity contribution >= 4 is 23.6 Å². The van der Waals surface area contributed by atoms with E-state index in [9.17, 15) is 14.4 Å². The van der Waals surface area contributed by atoms with Crippen LogP contribution in [0.15, 0.2) is 48.8 Å². The monoisotopic (exact) mass is 370 g/mol. The number of rotatable bonds is 7. The van der Waals surface area contributed by atoms with Crippen molar-refractivity contribution in [2.45, 2.75) is 13.5 Å². The number of aromatic nitrogens is 1. The molecule has 0 bridgehead atoms. The van der Waals surface area contributed by atoms with E-state index in [4.69, 9.17) is 5.11 Å². The van der Waals surface area contributed by atoms with Gasteiger partial charge in [-0.05, 0) is 29.8 Å². The highest BCUT2D eigenvalue weighted by molar-refractivity contribution is 6.04. The van der Waals surface area contributed by atoms with E-state index in [1.807, 2.05) is 0 Å². The van der Waals surface area contributed by atoms with Crippen LogP contribution in [0.5, 0.6) is 0 Å². The lowest BCUT2D eigenvalue weighted by molar-refractivity contribution is -0.141. The molecule has 1 aromatic carbocycles. The smallest absolute Gasteiger partial charge is 0.317 e. The number of carboxylic acids is 1. The maximum atomic E-state index is 12.1. The van der Waals surface area contributed by atoms with Crippen molar-refractivity contribution in [3.63, 3.8) is 0 Å². The molecule has 0 saturated carbocycles. The summed E-state index contributed by atoms with van der Waals surface area (Å²) in [6.07, 6.45) is 3.08. The van der Waals surface area contributed by atoms with Crippen LogP contribution in [0.3, 0.4) is 0 Å². The number of carboxylic acid groups (broad SMARTS) is 1. The molecule has 0 aliphatic rings. The Morgan fingerprint density at radius 2 is 1.89 bits per heavy atom. The van der Waals surface area contributed by atoms with E-state index in [1.54, 1.807) is 56.6 Å². The first-order chi connectivity index (χ1) is 12.9. The molecule has 3 N–H and O–H groups in total. The number of aliphatic carboxylic acids is 1. The Balaban J connectivity index is 1.84. The summed E-state index contributed by atoms with van der Waals surface area (Å²) in [5, 5.41) is 14.4. The van der Waals surface area contributed by atoms with Crippen LogP contribution < -0.4 is 10.6 Å². The molecule has 0 saturated heterocycles. The van der Waals surface area contributed by atoms with Gasteiger partial charge >= 0.3 is 12.0 Å². The lowest BCUT2D eigenvalue weighted by atomic mass is 10.2. The van der Waals surface area contributed by atoms with Gasteiger partial charge < -0.3 is 20.6 Å². The van der Waals surface area contributed by atoms with Gasteiger partial charge in [0.15, 0.2) is 0 Å². The fourth-order valence-corrected chi connectivity index (χ4v) is 2.29. The first kappa shape index (κ1) is 19.9. The molecule has 8 heteroatoms. The van der Waals surface area contributed by atoms with Crippen LogP contribution in [-0.4, -0.2) is 46.5 Å². The second-order valence-corrected chi connectivity index (χ2v) is 6.17. The van der Waals surface area contributed by atoms with E-state index in [1.165, 1.54) is 11.1 Å². The molecule has 2 aromatic rings. The highest BCUT2D eigenvalue weighted by atomic mass is 16.4. The van der Waals surface area contributed by atoms with Crippen LogP contribution in [0.2, 0.25) is 0 Å². The van der Waals surface area contributed by atoms with Crippen LogP contribution in [0, 0.1) is 5.92 Å². The van der Waals surface area contributed by atoms with Crippen molar-refractivity contribution in [3.8, 4) is 0 Å². The van der Waals surface area contributed by atoms with E-state index in [2.05, 4.69) is 15.6 Å². The number of benzene rings is 1. The molecule has 1 heterocycles. The van der Waals surface area contributed by atoms with Gasteiger partial charge in [-0.25, -0.2) is 4.79 Å². The zero-order valence-corrected chi connectivity index (χ0v) is 15.2. The minimum absolute atomic E-state index is 0.125. The number of hydrogen-bond acceptors (Lipinski definition) is 4. The number of pyridine rings is 1. The number of carbonyl (C=O) groups excluding carboxylic acids is 2. The van der Waals surface area contributed by atoms with Gasteiger partial charge in [0.05, 0.1) is 11.5 Å². The Kier molecular flexibility index (Phi) is 6.87. The van der Waals surface area contributed by atoms with E-state index < -0.39 is 11.9 Å². The third kappa shape index (κ3) is 6.10. The fraction of sp³-hybridized carbons (Fsp3) is 0.263. The van der Waals surface area contributed by atoms with Crippen LogP contribution in [-0.2, 0) is 11.3 Å². The summed E-state index contributed by atoms with van der Waals surface area (Å²) in [4.78, 5) is 40.2. The van der Waals surface area contributed by atoms with Crippen LogP contribution in [0.25, 0.3) is 0 Å². The normalized spacial score (nSPS) is 11.3. The summed E-state index contributed by atoms with van der Waals surface area (Å²) in [6.45, 7) is 1.96. The van der Waals surface area contributed by atoms with Gasteiger partial charge in [0.1, 0.15) is 0 Å². The molecule has 0 aliphatic heterocycles. The molecule has 0 fully saturated rings. The minimum atomic E-state index is -0.946. The zero-order valence-electron chi connectivity index (χ0n) is 15.2. The Labute approximate surface area is 157 Å². The number of urea groups is 1. The number of amides is 3. The highest BCUT2D eigenvalue weighted by Gasteiger charge is 2.17. The molecule has 0 aliphatic carbocycles. The van der Waals surface area contributed by atoms with Crippen molar-refractivity contribution in [2.24, 2.45) is 5.92 Å². The minimum Gasteiger partial charge on any atom is -0.481 e. The number of nitrogens with one attached hydrogen (secondary N) is 2. The number of carbonyl (C=O) groups is 3. The van der Waals surface area contributed by atoms with Crippen LogP contribution >= 0.6 is 0 Å². The average molecular weight is 370 g/mol. The van der Waals surface area contributed by atoms with E-state index in [-0.39, 0.29) is 18.5 Å². The predicted molar refractivity (Wildman–Crippen MR) is 100 cm³/mol.